The summed E-state index contributed by atoms with van der Waals surface area (Å²) >= 11 is 6.00. The van der Waals surface area contributed by atoms with Crippen molar-refractivity contribution in [2.24, 2.45) is 11.1 Å². The minimum absolute atomic E-state index is 0. The average Bonchev–Trinajstić information content (AvgIpc) is 2.63. The van der Waals surface area contributed by atoms with Crippen LogP contribution in [0.4, 0.5) is 0 Å². The van der Waals surface area contributed by atoms with E-state index in [2.05, 4.69) is 0 Å². The van der Waals surface area contributed by atoms with E-state index < -0.39 is 5.41 Å². The van der Waals surface area contributed by atoms with Gasteiger partial charge in [0.05, 0.1) is 12.0 Å². The third-order valence-electron chi connectivity index (χ3n) is 5.16. The van der Waals surface area contributed by atoms with Gasteiger partial charge in [0.15, 0.2) is 0 Å². The van der Waals surface area contributed by atoms with Crippen LogP contribution < -0.4 is 5.73 Å². The van der Waals surface area contributed by atoms with Crippen molar-refractivity contribution in [3.05, 3.63) is 34.9 Å². The zero-order valence-electron chi connectivity index (χ0n) is 14.7. The number of ether oxygens (including phenoxy) is 1. The van der Waals surface area contributed by atoms with Gasteiger partial charge in [-0.25, -0.2) is 0 Å². The monoisotopic (exact) mass is 401 g/mol. The predicted octanol–water partition coefficient (Wildman–Crippen LogP) is 1.69. The van der Waals surface area contributed by atoms with E-state index in [1.54, 1.807) is 9.80 Å². The van der Waals surface area contributed by atoms with Crippen molar-refractivity contribution >= 4 is 35.8 Å². The molecule has 1 aromatic rings. The second-order valence-electron chi connectivity index (χ2n) is 6.77. The minimum atomic E-state index is -0.576. The molecule has 2 heterocycles. The summed E-state index contributed by atoms with van der Waals surface area (Å²) in [6.45, 7) is 3.07. The number of amides is 2. The molecule has 0 aliphatic carbocycles. The molecular formula is C18H25Cl2N3O3. The predicted molar refractivity (Wildman–Crippen MR) is 102 cm³/mol. The Bertz CT molecular complexity index is 650. The van der Waals surface area contributed by atoms with Crippen LogP contribution in [-0.2, 0) is 20.9 Å². The van der Waals surface area contributed by atoms with Crippen molar-refractivity contribution < 1.29 is 14.3 Å². The number of halogens is 2. The Kier molecular flexibility index (Phi) is 7.29. The molecule has 8 heteroatoms. The molecule has 3 rings (SSSR count). The Morgan fingerprint density at radius 1 is 1.27 bits per heavy atom. The number of piperazine rings is 1. The third kappa shape index (κ3) is 4.49. The van der Waals surface area contributed by atoms with Crippen LogP contribution in [0.2, 0.25) is 5.02 Å². The van der Waals surface area contributed by atoms with Crippen LogP contribution in [0, 0.1) is 5.41 Å². The second kappa shape index (κ2) is 9.04. The maximum Gasteiger partial charge on any atom is 0.242 e. The largest absolute Gasteiger partial charge is 0.381 e. The standard InChI is InChI=1S/C18H24ClN3O3.ClH/c19-15-3-1-2-14(10-15)11-21-6-7-22(12-16(21)23)17(24)18(13-20)4-8-25-9-5-18;/h1-3,10H,4-9,11-13,20H2;1H. The maximum absolute atomic E-state index is 13.0. The quantitative estimate of drug-likeness (QED) is 0.832. The Morgan fingerprint density at radius 3 is 2.62 bits per heavy atom. The van der Waals surface area contributed by atoms with Gasteiger partial charge in [0.2, 0.25) is 11.8 Å². The number of nitrogens with zero attached hydrogens (tertiary/aromatic N) is 2. The van der Waals surface area contributed by atoms with Crippen LogP contribution in [-0.4, -0.2) is 61.0 Å². The molecule has 2 saturated heterocycles. The molecule has 144 valence electrons. The molecule has 2 aliphatic rings. The van der Waals surface area contributed by atoms with E-state index in [0.29, 0.717) is 57.3 Å². The SMILES string of the molecule is Cl.NCC1(C(=O)N2CCN(Cc3cccc(Cl)c3)C(=O)C2)CCOCC1. The summed E-state index contributed by atoms with van der Waals surface area (Å²) in [6, 6.07) is 7.49. The van der Waals surface area contributed by atoms with Gasteiger partial charge in [-0.3, -0.25) is 9.59 Å². The summed E-state index contributed by atoms with van der Waals surface area (Å²) in [5.41, 5.74) is 6.33. The summed E-state index contributed by atoms with van der Waals surface area (Å²) in [4.78, 5) is 28.9. The molecule has 6 nitrogen and oxygen atoms in total. The molecular weight excluding hydrogens is 377 g/mol. The average molecular weight is 402 g/mol. The summed E-state index contributed by atoms with van der Waals surface area (Å²) in [7, 11) is 0. The highest BCUT2D eigenvalue weighted by atomic mass is 35.5. The Hall–Kier alpha value is -1.34. The van der Waals surface area contributed by atoms with Crippen LogP contribution >= 0.6 is 24.0 Å². The van der Waals surface area contributed by atoms with E-state index in [0.717, 1.165) is 5.56 Å². The van der Waals surface area contributed by atoms with E-state index in [9.17, 15) is 9.59 Å². The molecule has 26 heavy (non-hydrogen) atoms. The van der Waals surface area contributed by atoms with Crippen molar-refractivity contribution in [1.29, 1.82) is 0 Å². The molecule has 0 unspecified atom stereocenters. The van der Waals surface area contributed by atoms with Gasteiger partial charge in [0.25, 0.3) is 0 Å². The molecule has 2 aliphatic heterocycles. The van der Waals surface area contributed by atoms with E-state index in [4.69, 9.17) is 22.1 Å². The first-order chi connectivity index (χ1) is 12.0. The van der Waals surface area contributed by atoms with Crippen LogP contribution in [0.5, 0.6) is 0 Å². The lowest BCUT2D eigenvalue weighted by atomic mass is 9.78. The molecule has 0 atom stereocenters. The van der Waals surface area contributed by atoms with Gasteiger partial charge >= 0.3 is 0 Å². The van der Waals surface area contributed by atoms with Crippen LogP contribution in [0.1, 0.15) is 18.4 Å². The van der Waals surface area contributed by atoms with Gasteiger partial charge in [-0.2, -0.15) is 0 Å². The normalized spacial score (nSPS) is 19.8. The van der Waals surface area contributed by atoms with Gasteiger partial charge in [-0.1, -0.05) is 23.7 Å². The van der Waals surface area contributed by atoms with E-state index in [1.807, 2.05) is 24.3 Å². The Balaban J connectivity index is 0.00000243. The van der Waals surface area contributed by atoms with Gasteiger partial charge < -0.3 is 20.3 Å². The second-order valence-corrected chi connectivity index (χ2v) is 7.21. The van der Waals surface area contributed by atoms with E-state index in [1.165, 1.54) is 0 Å². The van der Waals surface area contributed by atoms with E-state index in [-0.39, 0.29) is 30.8 Å². The molecule has 0 aromatic heterocycles. The molecule has 0 saturated carbocycles. The molecule has 0 bridgehead atoms. The lowest BCUT2D eigenvalue weighted by molar-refractivity contribution is -0.155. The fraction of sp³-hybridized carbons (Fsp3) is 0.556. The van der Waals surface area contributed by atoms with Crippen molar-refractivity contribution in [2.75, 3.05) is 39.4 Å². The van der Waals surface area contributed by atoms with Crippen molar-refractivity contribution in [3.63, 3.8) is 0 Å². The number of rotatable bonds is 4. The smallest absolute Gasteiger partial charge is 0.242 e. The van der Waals surface area contributed by atoms with Crippen molar-refractivity contribution in [3.8, 4) is 0 Å². The fourth-order valence-electron chi connectivity index (χ4n) is 3.51. The minimum Gasteiger partial charge on any atom is -0.381 e. The summed E-state index contributed by atoms with van der Waals surface area (Å²) in [6.07, 6.45) is 1.25. The summed E-state index contributed by atoms with van der Waals surface area (Å²) in [5.74, 6) is -0.0483. The molecule has 2 fully saturated rings. The van der Waals surface area contributed by atoms with Crippen LogP contribution in [0.15, 0.2) is 24.3 Å². The molecule has 0 radical (unpaired) electrons. The molecule has 2 amide bonds. The highest BCUT2D eigenvalue weighted by Gasteiger charge is 2.43. The Morgan fingerprint density at radius 2 is 2.00 bits per heavy atom. The molecule has 1 aromatic carbocycles. The first-order valence-corrected chi connectivity index (χ1v) is 9.01. The Labute approximate surface area is 165 Å². The van der Waals surface area contributed by atoms with Crippen LogP contribution in [0.3, 0.4) is 0 Å². The highest BCUT2D eigenvalue weighted by molar-refractivity contribution is 6.30. The highest BCUT2D eigenvalue weighted by Crippen LogP contribution is 2.32. The molecule has 2 N–H and O–H groups in total. The van der Waals surface area contributed by atoms with Gasteiger partial charge in [-0.15, -0.1) is 12.4 Å². The first-order valence-electron chi connectivity index (χ1n) is 8.63. The lowest BCUT2D eigenvalue weighted by Gasteiger charge is -2.42. The van der Waals surface area contributed by atoms with Gasteiger partial charge in [0, 0.05) is 44.4 Å². The number of hydrogen-bond acceptors (Lipinski definition) is 4. The number of carbonyl (C=O) groups excluding carboxylic acids is 2. The zero-order valence-corrected chi connectivity index (χ0v) is 16.2. The molecule has 0 spiro atoms. The van der Waals surface area contributed by atoms with Crippen LogP contribution in [0.25, 0.3) is 0 Å². The van der Waals surface area contributed by atoms with Gasteiger partial charge in [-0.05, 0) is 30.5 Å². The van der Waals surface area contributed by atoms with E-state index >= 15 is 0 Å². The lowest BCUT2D eigenvalue weighted by Crippen LogP contribution is -2.57. The van der Waals surface area contributed by atoms with Crippen molar-refractivity contribution in [1.82, 2.24) is 9.80 Å². The van der Waals surface area contributed by atoms with Crippen molar-refractivity contribution in [2.45, 2.75) is 19.4 Å². The van der Waals surface area contributed by atoms with Gasteiger partial charge in [0.1, 0.15) is 0 Å². The number of carbonyl (C=O) groups is 2. The number of nitrogens with two attached hydrogens (primary N) is 1. The fourth-order valence-corrected chi connectivity index (χ4v) is 3.72. The summed E-state index contributed by atoms with van der Waals surface area (Å²) in [5, 5.41) is 0.656. The number of hydrogen-bond donors (Lipinski definition) is 1. The third-order valence-corrected chi connectivity index (χ3v) is 5.40. The first kappa shape index (κ1) is 21.0. The summed E-state index contributed by atoms with van der Waals surface area (Å²) < 4.78 is 5.37. The topological polar surface area (TPSA) is 75.9 Å². The maximum atomic E-state index is 13.0. The number of benzene rings is 1. The zero-order chi connectivity index (χ0) is 17.9.